The quantitative estimate of drug-likeness (QED) is 0.641. The van der Waals surface area contributed by atoms with Crippen molar-refractivity contribution in [3.05, 3.63) is 11.1 Å². The average molecular weight is 181 g/mol. The minimum Gasteiger partial charge on any atom is -0.478 e. The first-order valence-electron chi connectivity index (χ1n) is 3.67. The zero-order chi connectivity index (χ0) is 10.0. The Kier molecular flexibility index (Phi) is 2.33. The molecule has 0 saturated heterocycles. The zero-order valence-electron chi connectivity index (χ0n) is 6.65. The minimum atomic E-state index is -1.30. The van der Waals surface area contributed by atoms with Crippen molar-refractivity contribution in [2.75, 3.05) is 0 Å². The van der Waals surface area contributed by atoms with Crippen LogP contribution in [0.4, 0.5) is 0 Å². The van der Waals surface area contributed by atoms with Crippen LogP contribution in [0.1, 0.15) is 12.8 Å². The van der Waals surface area contributed by atoms with Crippen molar-refractivity contribution in [1.82, 2.24) is 0 Å². The molecule has 0 fully saturated rings. The van der Waals surface area contributed by atoms with Gasteiger partial charge in [0.15, 0.2) is 0 Å². The summed E-state index contributed by atoms with van der Waals surface area (Å²) in [6, 6.07) is 1.78. The van der Waals surface area contributed by atoms with Gasteiger partial charge in [-0.05, 0) is 12.8 Å². The first-order chi connectivity index (χ1) is 6.07. The van der Waals surface area contributed by atoms with Crippen molar-refractivity contribution >= 4 is 11.9 Å². The molecule has 0 spiro atoms. The second-order valence-corrected chi connectivity index (χ2v) is 2.72. The van der Waals surface area contributed by atoms with Crippen molar-refractivity contribution < 1.29 is 19.8 Å². The van der Waals surface area contributed by atoms with Crippen molar-refractivity contribution in [2.45, 2.75) is 12.8 Å². The number of rotatable bonds is 2. The van der Waals surface area contributed by atoms with Gasteiger partial charge in [0.05, 0.1) is 17.6 Å². The SMILES string of the molecule is N#CC1CCC(C(=O)O)=C1C(=O)O. The monoisotopic (exact) mass is 181 g/mol. The van der Waals surface area contributed by atoms with Crippen LogP contribution in [0.15, 0.2) is 11.1 Å². The van der Waals surface area contributed by atoms with E-state index in [1.54, 1.807) is 6.07 Å². The molecular formula is C8H7NO4. The summed E-state index contributed by atoms with van der Waals surface area (Å²) in [6.07, 6.45) is 0.453. The number of aliphatic carboxylic acids is 2. The molecule has 68 valence electrons. The molecule has 1 aliphatic rings. The molecule has 0 heterocycles. The third-order valence-electron chi connectivity index (χ3n) is 2.00. The lowest BCUT2D eigenvalue weighted by Crippen LogP contribution is -2.11. The van der Waals surface area contributed by atoms with Crippen molar-refractivity contribution in [1.29, 1.82) is 5.26 Å². The maximum absolute atomic E-state index is 10.6. The van der Waals surface area contributed by atoms with Gasteiger partial charge in [-0.15, -0.1) is 0 Å². The highest BCUT2D eigenvalue weighted by Crippen LogP contribution is 2.31. The number of nitrogens with zero attached hydrogens (tertiary/aromatic N) is 1. The standard InChI is InChI=1S/C8H7NO4/c9-3-4-1-2-5(7(10)11)6(4)8(12)13/h4H,1-2H2,(H,10,11)(H,12,13). The van der Waals surface area contributed by atoms with Gasteiger partial charge in [-0.2, -0.15) is 5.26 Å². The van der Waals surface area contributed by atoms with Gasteiger partial charge < -0.3 is 10.2 Å². The van der Waals surface area contributed by atoms with Crippen LogP contribution in [0.2, 0.25) is 0 Å². The van der Waals surface area contributed by atoms with Gasteiger partial charge in [0.25, 0.3) is 0 Å². The summed E-state index contributed by atoms with van der Waals surface area (Å²) in [5, 5.41) is 25.8. The molecule has 0 aromatic rings. The smallest absolute Gasteiger partial charge is 0.333 e. The fourth-order valence-electron chi connectivity index (χ4n) is 1.41. The van der Waals surface area contributed by atoms with Crippen LogP contribution in [0, 0.1) is 17.2 Å². The number of hydrogen-bond donors (Lipinski definition) is 2. The summed E-state index contributed by atoms with van der Waals surface area (Å²) in [5.41, 5.74) is -0.394. The first kappa shape index (κ1) is 9.26. The Morgan fingerprint density at radius 3 is 2.38 bits per heavy atom. The number of hydrogen-bond acceptors (Lipinski definition) is 3. The molecule has 0 bridgehead atoms. The summed E-state index contributed by atoms with van der Waals surface area (Å²) < 4.78 is 0. The van der Waals surface area contributed by atoms with E-state index in [4.69, 9.17) is 15.5 Å². The van der Waals surface area contributed by atoms with E-state index in [1.165, 1.54) is 0 Å². The van der Waals surface area contributed by atoms with Crippen LogP contribution in [-0.2, 0) is 9.59 Å². The lowest BCUT2D eigenvalue weighted by Gasteiger charge is -2.00. The maximum Gasteiger partial charge on any atom is 0.333 e. The molecule has 0 radical (unpaired) electrons. The van der Waals surface area contributed by atoms with Crippen LogP contribution in [0.25, 0.3) is 0 Å². The number of carboxylic acid groups (broad SMARTS) is 2. The molecule has 0 aliphatic heterocycles. The summed E-state index contributed by atoms with van der Waals surface area (Å²) in [5.74, 6) is -3.32. The minimum absolute atomic E-state index is 0.140. The number of carboxylic acids is 2. The molecule has 13 heavy (non-hydrogen) atoms. The third-order valence-corrected chi connectivity index (χ3v) is 2.00. The van der Waals surface area contributed by atoms with Gasteiger partial charge in [0.1, 0.15) is 0 Å². The number of nitriles is 1. The van der Waals surface area contributed by atoms with E-state index in [2.05, 4.69) is 0 Å². The van der Waals surface area contributed by atoms with Gasteiger partial charge in [0.2, 0.25) is 0 Å². The Labute approximate surface area is 73.9 Å². The van der Waals surface area contributed by atoms with Gasteiger partial charge >= 0.3 is 11.9 Å². The van der Waals surface area contributed by atoms with Crippen LogP contribution in [0.5, 0.6) is 0 Å². The van der Waals surface area contributed by atoms with E-state index < -0.39 is 17.9 Å². The lowest BCUT2D eigenvalue weighted by atomic mass is 10.0. The molecule has 0 saturated carbocycles. The number of carbonyl (C=O) groups is 2. The largest absolute Gasteiger partial charge is 0.478 e. The summed E-state index contributed by atoms with van der Waals surface area (Å²) in [6.45, 7) is 0. The van der Waals surface area contributed by atoms with Gasteiger partial charge in [-0.1, -0.05) is 0 Å². The molecule has 0 aromatic heterocycles. The average Bonchev–Trinajstić information content (AvgIpc) is 2.46. The molecule has 5 heteroatoms. The molecule has 0 amide bonds. The zero-order valence-corrected chi connectivity index (χ0v) is 6.65. The second-order valence-electron chi connectivity index (χ2n) is 2.72. The van der Waals surface area contributed by atoms with Crippen LogP contribution < -0.4 is 0 Å². The summed E-state index contributed by atoms with van der Waals surface area (Å²) in [7, 11) is 0. The van der Waals surface area contributed by atoms with Gasteiger partial charge in [-0.3, -0.25) is 0 Å². The highest BCUT2D eigenvalue weighted by Gasteiger charge is 2.33. The van der Waals surface area contributed by atoms with Crippen LogP contribution in [0.3, 0.4) is 0 Å². The van der Waals surface area contributed by atoms with Crippen molar-refractivity contribution in [2.24, 2.45) is 5.92 Å². The normalized spacial score (nSPS) is 21.3. The Morgan fingerprint density at radius 1 is 1.38 bits per heavy atom. The van der Waals surface area contributed by atoms with Crippen molar-refractivity contribution in [3.8, 4) is 6.07 Å². The van der Waals surface area contributed by atoms with Gasteiger partial charge in [0, 0.05) is 5.57 Å². The van der Waals surface area contributed by atoms with E-state index in [1.807, 2.05) is 0 Å². The van der Waals surface area contributed by atoms with Crippen molar-refractivity contribution in [3.63, 3.8) is 0 Å². The topological polar surface area (TPSA) is 98.4 Å². The van der Waals surface area contributed by atoms with E-state index in [9.17, 15) is 9.59 Å². The van der Waals surface area contributed by atoms with E-state index in [0.29, 0.717) is 6.42 Å². The molecule has 1 atom stereocenters. The Hall–Kier alpha value is -1.83. The maximum atomic E-state index is 10.6. The van der Waals surface area contributed by atoms with Crippen LogP contribution in [-0.4, -0.2) is 22.2 Å². The Morgan fingerprint density at radius 2 is 2.00 bits per heavy atom. The van der Waals surface area contributed by atoms with E-state index >= 15 is 0 Å². The predicted molar refractivity (Wildman–Crippen MR) is 40.6 cm³/mol. The Bertz CT molecular complexity index is 337. The predicted octanol–water partition coefficient (Wildman–Crippen LogP) is 0.386. The molecule has 1 rings (SSSR count). The fourth-order valence-corrected chi connectivity index (χ4v) is 1.41. The molecule has 5 nitrogen and oxygen atoms in total. The molecular weight excluding hydrogens is 174 g/mol. The summed E-state index contributed by atoms with van der Waals surface area (Å²) in [4.78, 5) is 21.2. The molecule has 1 aliphatic carbocycles. The highest BCUT2D eigenvalue weighted by atomic mass is 16.4. The molecule has 2 N–H and O–H groups in total. The first-order valence-corrected chi connectivity index (χ1v) is 3.67. The second kappa shape index (κ2) is 3.27. The van der Waals surface area contributed by atoms with Gasteiger partial charge in [-0.25, -0.2) is 9.59 Å². The van der Waals surface area contributed by atoms with E-state index in [0.717, 1.165) is 0 Å². The lowest BCUT2D eigenvalue weighted by molar-refractivity contribution is -0.136. The highest BCUT2D eigenvalue weighted by molar-refractivity contribution is 6.00. The van der Waals surface area contributed by atoms with Crippen LogP contribution >= 0.6 is 0 Å². The molecule has 1 unspecified atom stereocenters. The van der Waals surface area contributed by atoms with E-state index in [-0.39, 0.29) is 17.6 Å². The third kappa shape index (κ3) is 1.51. The summed E-state index contributed by atoms with van der Waals surface area (Å²) >= 11 is 0. The molecule has 0 aromatic carbocycles. The fraction of sp³-hybridized carbons (Fsp3) is 0.375. The Balaban J connectivity index is 3.14.